The van der Waals surface area contributed by atoms with Gasteiger partial charge in [0.2, 0.25) is 0 Å². The first-order valence-corrected chi connectivity index (χ1v) is 8.96. The van der Waals surface area contributed by atoms with Crippen molar-refractivity contribution in [3.63, 3.8) is 0 Å². The number of hydrogen-bond donors (Lipinski definition) is 0. The Morgan fingerprint density at radius 2 is 0.692 bits per heavy atom. The van der Waals surface area contributed by atoms with Crippen molar-refractivity contribution in [2.75, 3.05) is 0 Å². The van der Waals surface area contributed by atoms with Crippen LogP contribution in [0.5, 0.6) is 0 Å². The van der Waals surface area contributed by atoms with Crippen LogP contribution in [0, 0.1) is 0 Å². The van der Waals surface area contributed by atoms with Gasteiger partial charge in [-0.25, -0.2) is 0 Å². The molecule has 0 aliphatic carbocycles. The third-order valence-corrected chi connectivity index (χ3v) is 5.01. The first-order valence-electron chi connectivity index (χ1n) is 8.96. The van der Waals surface area contributed by atoms with E-state index >= 15 is 0 Å². The van der Waals surface area contributed by atoms with Crippen LogP contribution in [0.4, 0.5) is 0 Å². The fraction of sp³-hybridized carbons (Fsp3) is 0. The number of fused-ring (bicyclic) bond motifs is 2. The molecule has 0 aliphatic rings. The molecule has 5 aromatic carbocycles. The molecule has 0 nitrogen and oxygen atoms in total. The highest BCUT2D eigenvalue weighted by molar-refractivity contribution is 6.03. The minimum atomic E-state index is 1.25. The smallest absolute Gasteiger partial charge is 0.00990 e. The Morgan fingerprint density at radius 3 is 1.12 bits per heavy atom. The molecule has 5 rings (SSSR count). The zero-order chi connectivity index (χ0) is 17.3. The van der Waals surface area contributed by atoms with Gasteiger partial charge in [0, 0.05) is 0 Å². The maximum atomic E-state index is 2.33. The second kappa shape index (κ2) is 6.16. The molecule has 0 aliphatic heterocycles. The van der Waals surface area contributed by atoms with E-state index in [9.17, 15) is 0 Å². The van der Waals surface area contributed by atoms with Gasteiger partial charge in [0.25, 0.3) is 0 Å². The first-order chi connectivity index (χ1) is 12.9. The number of benzene rings is 5. The van der Waals surface area contributed by atoms with Crippen LogP contribution in [0.1, 0.15) is 0 Å². The minimum Gasteiger partial charge on any atom is -0.0622 e. The van der Waals surface area contributed by atoms with E-state index < -0.39 is 0 Å². The van der Waals surface area contributed by atoms with Gasteiger partial charge in [0.05, 0.1) is 0 Å². The van der Waals surface area contributed by atoms with Crippen molar-refractivity contribution in [3.8, 4) is 22.3 Å². The summed E-state index contributed by atoms with van der Waals surface area (Å²) in [5.41, 5.74) is 5.06. The predicted octanol–water partition coefficient (Wildman–Crippen LogP) is 7.33. The first kappa shape index (κ1) is 14.9. The van der Waals surface area contributed by atoms with Crippen LogP contribution < -0.4 is 0 Å². The quantitative estimate of drug-likeness (QED) is 0.297. The van der Waals surface area contributed by atoms with Gasteiger partial charge in [0.1, 0.15) is 0 Å². The lowest BCUT2D eigenvalue weighted by atomic mass is 9.90. The Hall–Kier alpha value is -3.38. The lowest BCUT2D eigenvalue weighted by Crippen LogP contribution is -1.87. The lowest BCUT2D eigenvalue weighted by Gasteiger charge is -2.13. The second-order valence-corrected chi connectivity index (χ2v) is 6.68. The van der Waals surface area contributed by atoms with E-state index in [2.05, 4.69) is 109 Å². The highest BCUT2D eigenvalue weighted by Crippen LogP contribution is 2.36. The molecule has 0 heteroatoms. The van der Waals surface area contributed by atoms with Crippen LogP contribution in [-0.4, -0.2) is 0 Å². The maximum Gasteiger partial charge on any atom is -0.00990 e. The average Bonchev–Trinajstić information content (AvgIpc) is 2.72. The average molecular weight is 330 g/mol. The lowest BCUT2D eigenvalue weighted by molar-refractivity contribution is 1.61. The van der Waals surface area contributed by atoms with Gasteiger partial charge >= 0.3 is 0 Å². The monoisotopic (exact) mass is 330 g/mol. The van der Waals surface area contributed by atoms with Gasteiger partial charge in [0.15, 0.2) is 0 Å². The van der Waals surface area contributed by atoms with Crippen molar-refractivity contribution in [2.45, 2.75) is 0 Å². The molecular weight excluding hydrogens is 312 g/mol. The zero-order valence-corrected chi connectivity index (χ0v) is 14.4. The van der Waals surface area contributed by atoms with Crippen LogP contribution in [0.25, 0.3) is 43.8 Å². The molecule has 0 saturated heterocycles. The fourth-order valence-electron chi connectivity index (χ4n) is 3.71. The van der Waals surface area contributed by atoms with Gasteiger partial charge in [-0.3, -0.25) is 0 Å². The molecule has 0 fully saturated rings. The molecule has 5 aromatic rings. The Labute approximate surface area is 153 Å². The van der Waals surface area contributed by atoms with Crippen LogP contribution >= 0.6 is 0 Å². The van der Waals surface area contributed by atoms with Crippen LogP contribution in [0.15, 0.2) is 109 Å². The van der Waals surface area contributed by atoms with Gasteiger partial charge < -0.3 is 0 Å². The molecule has 0 amide bonds. The summed E-state index contributed by atoms with van der Waals surface area (Å²) < 4.78 is 0. The molecule has 0 saturated carbocycles. The summed E-state index contributed by atoms with van der Waals surface area (Å²) in [5, 5.41) is 5.13. The van der Waals surface area contributed by atoms with E-state index in [4.69, 9.17) is 0 Å². The topological polar surface area (TPSA) is 0 Å². The van der Waals surface area contributed by atoms with Gasteiger partial charge in [-0.05, 0) is 68.1 Å². The second-order valence-electron chi connectivity index (χ2n) is 6.68. The third-order valence-electron chi connectivity index (χ3n) is 5.01. The van der Waals surface area contributed by atoms with Gasteiger partial charge in [-0.2, -0.15) is 0 Å². The highest BCUT2D eigenvalue weighted by atomic mass is 14.1. The summed E-state index contributed by atoms with van der Waals surface area (Å²) in [6.07, 6.45) is 0. The molecule has 0 spiro atoms. The van der Waals surface area contributed by atoms with Crippen molar-refractivity contribution in [1.29, 1.82) is 0 Å². The van der Waals surface area contributed by atoms with E-state index in [1.807, 2.05) is 0 Å². The van der Waals surface area contributed by atoms with Crippen LogP contribution in [-0.2, 0) is 0 Å². The van der Waals surface area contributed by atoms with E-state index in [0.29, 0.717) is 0 Å². The summed E-state index contributed by atoms with van der Waals surface area (Å²) in [6, 6.07) is 39.1. The van der Waals surface area contributed by atoms with E-state index in [1.54, 1.807) is 0 Å². The third kappa shape index (κ3) is 2.57. The Kier molecular flexibility index (Phi) is 3.54. The fourth-order valence-corrected chi connectivity index (χ4v) is 3.71. The number of hydrogen-bond acceptors (Lipinski definition) is 0. The summed E-state index contributed by atoms with van der Waals surface area (Å²) in [4.78, 5) is 0. The summed E-state index contributed by atoms with van der Waals surface area (Å²) >= 11 is 0. The molecule has 122 valence electrons. The SMILES string of the molecule is c1ccc(-c2cc3cc4ccccc4cc3cc2-c2ccccc2)cc1. The van der Waals surface area contributed by atoms with Crippen molar-refractivity contribution < 1.29 is 0 Å². The molecule has 0 aromatic heterocycles. The van der Waals surface area contributed by atoms with E-state index in [1.165, 1.54) is 43.8 Å². The van der Waals surface area contributed by atoms with Crippen LogP contribution in [0.3, 0.4) is 0 Å². The van der Waals surface area contributed by atoms with E-state index in [0.717, 1.165) is 0 Å². The summed E-state index contributed by atoms with van der Waals surface area (Å²) in [5.74, 6) is 0. The Balaban J connectivity index is 1.86. The van der Waals surface area contributed by atoms with Crippen LogP contribution in [0.2, 0.25) is 0 Å². The molecule has 0 bridgehead atoms. The molecule has 26 heavy (non-hydrogen) atoms. The van der Waals surface area contributed by atoms with Crippen molar-refractivity contribution >= 4 is 21.5 Å². The van der Waals surface area contributed by atoms with Crippen molar-refractivity contribution in [1.82, 2.24) is 0 Å². The Bertz CT molecular complexity index is 1100. The maximum absolute atomic E-state index is 2.33. The minimum absolute atomic E-state index is 1.25. The normalized spacial score (nSPS) is 11.1. The predicted molar refractivity (Wildman–Crippen MR) is 112 cm³/mol. The zero-order valence-electron chi connectivity index (χ0n) is 14.4. The Morgan fingerprint density at radius 1 is 0.308 bits per heavy atom. The standard InChI is InChI=1S/C26H18/c1-3-9-19(10-4-1)25-17-23-15-21-13-7-8-14-22(21)16-24(23)18-26(25)20-11-5-2-6-12-20/h1-18H. The summed E-state index contributed by atoms with van der Waals surface area (Å²) in [7, 11) is 0. The largest absolute Gasteiger partial charge is 0.0622 e. The van der Waals surface area contributed by atoms with Crippen molar-refractivity contribution in [2.24, 2.45) is 0 Å². The van der Waals surface area contributed by atoms with Crippen molar-refractivity contribution in [3.05, 3.63) is 109 Å². The van der Waals surface area contributed by atoms with Gasteiger partial charge in [-0.15, -0.1) is 0 Å². The molecule has 0 atom stereocenters. The van der Waals surface area contributed by atoms with Gasteiger partial charge in [-0.1, -0.05) is 84.9 Å². The highest BCUT2D eigenvalue weighted by Gasteiger charge is 2.10. The summed E-state index contributed by atoms with van der Waals surface area (Å²) in [6.45, 7) is 0. The molecule has 0 N–H and O–H groups in total. The molecule has 0 radical (unpaired) electrons. The van der Waals surface area contributed by atoms with E-state index in [-0.39, 0.29) is 0 Å². The molecule has 0 unspecified atom stereocenters. The molecule has 0 heterocycles. The molecular formula is C26H18. The number of rotatable bonds is 2.